The first-order valence-electron chi connectivity index (χ1n) is 1.75. The molecule has 0 saturated heterocycles. The van der Waals surface area contributed by atoms with Crippen LogP contribution in [0, 0.1) is 0 Å². The first-order chi connectivity index (χ1) is 3.42. The van der Waals surface area contributed by atoms with Gasteiger partial charge in [-0.2, -0.15) is 0 Å². The molecule has 50 valence electrons. The third-order valence-electron chi connectivity index (χ3n) is 0.261. The Morgan fingerprint density at radius 1 is 1.62 bits per heavy atom. The van der Waals surface area contributed by atoms with Gasteiger partial charge in [0, 0.05) is 0 Å². The van der Waals surface area contributed by atoms with Gasteiger partial charge in [0.05, 0.1) is 0 Å². The first kappa shape index (κ1) is 8.00. The number of aliphatic hydroxyl groups excluding tert-OH is 1. The van der Waals surface area contributed by atoms with Crippen LogP contribution >= 0.6 is 0 Å². The van der Waals surface area contributed by atoms with Crippen molar-refractivity contribution in [3.05, 3.63) is 0 Å². The van der Waals surface area contributed by atoms with Gasteiger partial charge in [0.25, 0.3) is 0 Å². The fourth-order valence-electron chi connectivity index (χ4n) is 0.176. The molecule has 0 aliphatic rings. The summed E-state index contributed by atoms with van der Waals surface area (Å²) in [5.74, 6) is 0. The van der Waals surface area contributed by atoms with Gasteiger partial charge in [0.2, 0.25) is 0 Å². The zero-order valence-electron chi connectivity index (χ0n) is 4.10. The standard InChI is InChI=1S/C2H6O5Se/c1-2(3)7-8(4,5)6/h2-3H,1H3,(H,4,5,6). The van der Waals surface area contributed by atoms with E-state index in [9.17, 15) is 7.67 Å². The van der Waals surface area contributed by atoms with Gasteiger partial charge >= 0.3 is 47.4 Å². The molecule has 0 spiro atoms. The average molecular weight is 189 g/mol. The third kappa shape index (κ3) is 6.00. The van der Waals surface area contributed by atoms with Crippen LogP contribution in [-0.4, -0.2) is 29.0 Å². The average Bonchev–Trinajstić information content (AvgIpc) is 1.21. The van der Waals surface area contributed by atoms with E-state index >= 15 is 0 Å². The zero-order chi connectivity index (χ0) is 6.78. The predicted molar refractivity (Wildman–Crippen MR) is 22.1 cm³/mol. The van der Waals surface area contributed by atoms with Crippen molar-refractivity contribution in [2.75, 3.05) is 0 Å². The second-order valence-corrected chi connectivity index (χ2v) is 3.32. The van der Waals surface area contributed by atoms with Crippen LogP contribution in [0.1, 0.15) is 6.92 Å². The summed E-state index contributed by atoms with van der Waals surface area (Å²) in [7, 11) is 0. The predicted octanol–water partition coefficient (Wildman–Crippen LogP) is -1.37. The second kappa shape index (κ2) is 2.52. The minimum absolute atomic E-state index is 1.08. The van der Waals surface area contributed by atoms with E-state index in [-0.39, 0.29) is 0 Å². The van der Waals surface area contributed by atoms with Crippen molar-refractivity contribution in [2.45, 2.75) is 13.2 Å². The van der Waals surface area contributed by atoms with Gasteiger partial charge in [-0.15, -0.1) is 0 Å². The second-order valence-electron chi connectivity index (χ2n) is 1.12. The quantitative estimate of drug-likeness (QED) is 0.413. The van der Waals surface area contributed by atoms with Crippen molar-refractivity contribution in [1.29, 1.82) is 0 Å². The summed E-state index contributed by atoms with van der Waals surface area (Å²) >= 11 is -5.13. The van der Waals surface area contributed by atoms with Crippen LogP contribution in [0.4, 0.5) is 0 Å². The van der Waals surface area contributed by atoms with E-state index in [1.54, 1.807) is 0 Å². The Morgan fingerprint density at radius 3 is 2.00 bits per heavy atom. The van der Waals surface area contributed by atoms with Crippen LogP contribution in [0.5, 0.6) is 0 Å². The number of rotatable bonds is 2. The molecule has 0 fully saturated rings. The maximum absolute atomic E-state index is 9.69. The first-order valence-corrected chi connectivity index (χ1v) is 4.62. The van der Waals surface area contributed by atoms with E-state index < -0.39 is 19.7 Å². The monoisotopic (exact) mass is 190 g/mol. The molecule has 0 radical (unpaired) electrons. The van der Waals surface area contributed by atoms with Gasteiger partial charge in [0.15, 0.2) is 0 Å². The zero-order valence-corrected chi connectivity index (χ0v) is 5.82. The SMILES string of the molecule is CC(O)O[Se](=O)(=O)O. The molecule has 0 aliphatic heterocycles. The normalized spacial score (nSPS) is 15.9. The molecule has 1 unspecified atom stereocenters. The molecule has 0 saturated carbocycles. The van der Waals surface area contributed by atoms with Crippen LogP contribution < -0.4 is 0 Å². The van der Waals surface area contributed by atoms with E-state index in [1.165, 1.54) is 0 Å². The Labute approximate surface area is 48.2 Å². The molecule has 0 bridgehead atoms. The van der Waals surface area contributed by atoms with Crippen molar-refractivity contribution in [3.8, 4) is 0 Å². The number of hydrogen-bond acceptors (Lipinski definition) is 4. The molecule has 6 heteroatoms. The molecule has 0 amide bonds. The van der Waals surface area contributed by atoms with Crippen molar-refractivity contribution in [1.82, 2.24) is 0 Å². The Kier molecular flexibility index (Phi) is 2.52. The molecule has 5 nitrogen and oxygen atoms in total. The van der Waals surface area contributed by atoms with E-state index in [4.69, 9.17) is 9.30 Å². The molecule has 0 aromatic heterocycles. The molecule has 8 heavy (non-hydrogen) atoms. The molecule has 0 aromatic rings. The summed E-state index contributed by atoms with van der Waals surface area (Å²) in [5.41, 5.74) is 0. The molecule has 0 rings (SSSR count). The summed E-state index contributed by atoms with van der Waals surface area (Å²) in [4.78, 5) is 0. The molecule has 2 N–H and O–H groups in total. The van der Waals surface area contributed by atoms with E-state index in [1.807, 2.05) is 0 Å². The van der Waals surface area contributed by atoms with Crippen molar-refractivity contribution < 1.29 is 20.8 Å². The summed E-state index contributed by atoms with van der Waals surface area (Å²) in [6.45, 7) is 1.08. The Hall–Kier alpha value is -0.000519. The van der Waals surface area contributed by atoms with Crippen molar-refractivity contribution in [3.63, 3.8) is 0 Å². The maximum atomic E-state index is 9.69. The Bertz CT molecular complexity index is 144. The van der Waals surface area contributed by atoms with Crippen LogP contribution in [0.2, 0.25) is 0 Å². The van der Waals surface area contributed by atoms with Crippen molar-refractivity contribution >= 4 is 13.4 Å². The van der Waals surface area contributed by atoms with Gasteiger partial charge in [-0.1, -0.05) is 0 Å². The number of aliphatic hydroxyl groups is 1. The van der Waals surface area contributed by atoms with Gasteiger partial charge < -0.3 is 0 Å². The summed E-state index contributed by atoms with van der Waals surface area (Å²) in [6, 6.07) is 0. The summed E-state index contributed by atoms with van der Waals surface area (Å²) in [5, 5.41) is 8.14. The van der Waals surface area contributed by atoms with Gasteiger partial charge in [0.1, 0.15) is 0 Å². The molecular weight excluding hydrogens is 183 g/mol. The Balaban J connectivity index is 3.75. The Morgan fingerprint density at radius 2 is 2.00 bits per heavy atom. The van der Waals surface area contributed by atoms with E-state index in [0.29, 0.717) is 0 Å². The van der Waals surface area contributed by atoms with Crippen LogP contribution in [0.15, 0.2) is 0 Å². The minimum atomic E-state index is -5.13. The molecule has 0 heterocycles. The van der Waals surface area contributed by atoms with Gasteiger partial charge in [-0.3, -0.25) is 0 Å². The van der Waals surface area contributed by atoms with Crippen molar-refractivity contribution in [2.24, 2.45) is 0 Å². The summed E-state index contributed by atoms with van der Waals surface area (Å²) in [6.07, 6.45) is -1.46. The van der Waals surface area contributed by atoms with Crippen LogP contribution in [0.3, 0.4) is 0 Å². The fraction of sp³-hybridized carbons (Fsp3) is 1.00. The molecule has 1 atom stereocenters. The topological polar surface area (TPSA) is 83.8 Å². The van der Waals surface area contributed by atoms with Gasteiger partial charge in [-0.25, -0.2) is 0 Å². The fourth-order valence-corrected chi connectivity index (χ4v) is 0.914. The molecule has 0 aliphatic carbocycles. The number of hydrogen-bond donors (Lipinski definition) is 2. The van der Waals surface area contributed by atoms with E-state index in [0.717, 1.165) is 6.92 Å². The third-order valence-corrected chi connectivity index (χ3v) is 1.36. The van der Waals surface area contributed by atoms with E-state index in [2.05, 4.69) is 3.82 Å². The molecule has 0 aromatic carbocycles. The molecular formula is C2H6O5Se. The van der Waals surface area contributed by atoms with Gasteiger partial charge in [-0.05, 0) is 0 Å². The van der Waals surface area contributed by atoms with Crippen LogP contribution in [0.25, 0.3) is 0 Å². The summed E-state index contributed by atoms with van der Waals surface area (Å²) < 4.78 is 30.8. The van der Waals surface area contributed by atoms with Crippen LogP contribution in [-0.2, 0) is 11.5 Å².